The zero-order valence-electron chi connectivity index (χ0n) is 10.7. The number of halogens is 1. The molecule has 1 amide bonds. The van der Waals surface area contributed by atoms with E-state index >= 15 is 0 Å². The minimum absolute atomic E-state index is 0.107. The molecule has 0 bridgehead atoms. The third kappa shape index (κ3) is 4.81. The molecule has 1 aromatic carbocycles. The Morgan fingerprint density at radius 1 is 1.50 bits per heavy atom. The Balaban J connectivity index is 2.45. The van der Waals surface area contributed by atoms with Crippen molar-refractivity contribution >= 4 is 5.91 Å². The van der Waals surface area contributed by atoms with E-state index in [4.69, 9.17) is 10.5 Å². The van der Waals surface area contributed by atoms with Crippen LogP contribution in [0.4, 0.5) is 4.39 Å². The number of carbonyl (C=O) groups excluding carboxylic acids is 1. The molecule has 0 saturated heterocycles. The molecule has 1 atom stereocenters. The van der Waals surface area contributed by atoms with Gasteiger partial charge in [0.25, 0.3) is 5.91 Å². The molecule has 0 aliphatic rings. The Labute approximate surface area is 106 Å². The lowest BCUT2D eigenvalue weighted by Gasteiger charge is -2.11. The SMILES string of the molecule is COCC(N)CCNC(=O)c1cc(C)cc(F)c1. The summed E-state index contributed by atoms with van der Waals surface area (Å²) in [6, 6.07) is 4.14. The second-order valence-corrected chi connectivity index (χ2v) is 4.28. The Bertz CT molecular complexity index is 390. The average molecular weight is 254 g/mol. The van der Waals surface area contributed by atoms with Gasteiger partial charge < -0.3 is 15.8 Å². The Hall–Kier alpha value is -1.46. The molecule has 0 spiro atoms. The van der Waals surface area contributed by atoms with Crippen LogP contribution in [0.25, 0.3) is 0 Å². The molecule has 0 saturated carbocycles. The highest BCUT2D eigenvalue weighted by atomic mass is 19.1. The van der Waals surface area contributed by atoms with Crippen molar-refractivity contribution in [3.8, 4) is 0 Å². The lowest BCUT2D eigenvalue weighted by Crippen LogP contribution is -2.32. The molecule has 3 N–H and O–H groups in total. The third-order valence-corrected chi connectivity index (χ3v) is 2.49. The molecule has 100 valence electrons. The number of amides is 1. The van der Waals surface area contributed by atoms with Gasteiger partial charge >= 0.3 is 0 Å². The minimum atomic E-state index is -0.406. The predicted molar refractivity (Wildman–Crippen MR) is 67.9 cm³/mol. The molecule has 1 rings (SSSR count). The quantitative estimate of drug-likeness (QED) is 0.802. The van der Waals surface area contributed by atoms with Gasteiger partial charge in [0.05, 0.1) is 6.61 Å². The Kier molecular flexibility index (Phi) is 5.74. The van der Waals surface area contributed by atoms with E-state index < -0.39 is 5.82 Å². The van der Waals surface area contributed by atoms with E-state index in [1.54, 1.807) is 20.1 Å². The molecule has 0 aromatic heterocycles. The summed E-state index contributed by atoms with van der Waals surface area (Å²) < 4.78 is 18.0. The number of aryl methyl sites for hydroxylation is 1. The molecule has 4 nitrogen and oxygen atoms in total. The van der Waals surface area contributed by atoms with Crippen molar-refractivity contribution in [2.45, 2.75) is 19.4 Å². The first kappa shape index (κ1) is 14.6. The first-order chi connectivity index (χ1) is 8.52. The molecule has 0 aliphatic heterocycles. The van der Waals surface area contributed by atoms with Crippen LogP contribution in [0, 0.1) is 12.7 Å². The molecular formula is C13H19FN2O2. The molecule has 0 heterocycles. The van der Waals surface area contributed by atoms with Gasteiger partial charge in [-0.3, -0.25) is 4.79 Å². The van der Waals surface area contributed by atoms with E-state index in [9.17, 15) is 9.18 Å². The number of hydrogen-bond acceptors (Lipinski definition) is 3. The highest BCUT2D eigenvalue weighted by Crippen LogP contribution is 2.08. The van der Waals surface area contributed by atoms with E-state index in [1.807, 2.05) is 0 Å². The highest BCUT2D eigenvalue weighted by molar-refractivity contribution is 5.94. The average Bonchev–Trinajstić information content (AvgIpc) is 2.27. The van der Waals surface area contributed by atoms with Crippen molar-refractivity contribution in [2.75, 3.05) is 20.3 Å². The number of nitrogens with two attached hydrogens (primary N) is 1. The zero-order valence-corrected chi connectivity index (χ0v) is 10.7. The summed E-state index contributed by atoms with van der Waals surface area (Å²) in [5, 5.41) is 2.70. The van der Waals surface area contributed by atoms with Gasteiger partial charge in [-0.15, -0.1) is 0 Å². The smallest absolute Gasteiger partial charge is 0.251 e. The monoisotopic (exact) mass is 254 g/mol. The van der Waals surface area contributed by atoms with Crippen molar-refractivity contribution in [1.82, 2.24) is 5.32 Å². The molecule has 5 heteroatoms. The van der Waals surface area contributed by atoms with Crippen molar-refractivity contribution in [2.24, 2.45) is 5.73 Å². The van der Waals surface area contributed by atoms with E-state index in [2.05, 4.69) is 5.32 Å². The van der Waals surface area contributed by atoms with Crippen LogP contribution < -0.4 is 11.1 Å². The number of carbonyl (C=O) groups is 1. The highest BCUT2D eigenvalue weighted by Gasteiger charge is 2.08. The number of nitrogens with one attached hydrogen (secondary N) is 1. The molecule has 0 fully saturated rings. The van der Waals surface area contributed by atoms with Crippen LogP contribution in [0.15, 0.2) is 18.2 Å². The van der Waals surface area contributed by atoms with Gasteiger partial charge in [0, 0.05) is 25.3 Å². The summed E-state index contributed by atoms with van der Waals surface area (Å²) in [5.41, 5.74) is 6.77. The maximum atomic E-state index is 13.1. The minimum Gasteiger partial charge on any atom is -0.383 e. The lowest BCUT2D eigenvalue weighted by molar-refractivity contribution is 0.0949. The first-order valence-electron chi connectivity index (χ1n) is 5.83. The van der Waals surface area contributed by atoms with Crippen LogP contribution in [0.2, 0.25) is 0 Å². The van der Waals surface area contributed by atoms with Gasteiger partial charge in [0.2, 0.25) is 0 Å². The van der Waals surface area contributed by atoms with Crippen LogP contribution >= 0.6 is 0 Å². The van der Waals surface area contributed by atoms with E-state index in [-0.39, 0.29) is 11.9 Å². The number of ether oxygens (including phenoxy) is 1. The Morgan fingerprint density at radius 3 is 2.83 bits per heavy atom. The fraction of sp³-hybridized carbons (Fsp3) is 0.462. The van der Waals surface area contributed by atoms with Crippen LogP contribution in [-0.2, 0) is 4.74 Å². The summed E-state index contributed by atoms with van der Waals surface area (Å²) in [6.45, 7) is 2.64. The topological polar surface area (TPSA) is 64.3 Å². The largest absolute Gasteiger partial charge is 0.383 e. The summed E-state index contributed by atoms with van der Waals surface area (Å²) in [5.74, 6) is -0.696. The van der Waals surface area contributed by atoms with Crippen molar-refractivity contribution < 1.29 is 13.9 Å². The molecule has 0 aliphatic carbocycles. The summed E-state index contributed by atoms with van der Waals surface area (Å²) in [6.07, 6.45) is 0.619. The lowest BCUT2D eigenvalue weighted by atomic mass is 10.1. The number of rotatable bonds is 6. The standard InChI is InChI=1S/C13H19FN2O2/c1-9-5-10(7-11(14)6-9)13(17)16-4-3-12(15)8-18-2/h5-7,12H,3-4,8,15H2,1-2H3,(H,16,17). The van der Waals surface area contributed by atoms with Gasteiger partial charge in [-0.2, -0.15) is 0 Å². The molecular weight excluding hydrogens is 235 g/mol. The van der Waals surface area contributed by atoms with E-state index in [0.717, 1.165) is 5.56 Å². The molecule has 1 aromatic rings. The van der Waals surface area contributed by atoms with Crippen LogP contribution in [0.5, 0.6) is 0 Å². The maximum Gasteiger partial charge on any atom is 0.251 e. The first-order valence-corrected chi connectivity index (χ1v) is 5.83. The van der Waals surface area contributed by atoms with E-state index in [0.29, 0.717) is 25.1 Å². The second kappa shape index (κ2) is 7.08. The van der Waals surface area contributed by atoms with Gasteiger partial charge in [0.15, 0.2) is 0 Å². The Morgan fingerprint density at radius 2 is 2.22 bits per heavy atom. The van der Waals surface area contributed by atoms with Crippen LogP contribution in [-0.4, -0.2) is 32.2 Å². The fourth-order valence-corrected chi connectivity index (χ4v) is 1.64. The van der Waals surface area contributed by atoms with Gasteiger partial charge in [-0.05, 0) is 37.1 Å². The number of methoxy groups -OCH3 is 1. The normalized spacial score (nSPS) is 12.2. The zero-order chi connectivity index (χ0) is 13.5. The molecule has 0 radical (unpaired) electrons. The molecule has 1 unspecified atom stereocenters. The molecule has 18 heavy (non-hydrogen) atoms. The third-order valence-electron chi connectivity index (χ3n) is 2.49. The van der Waals surface area contributed by atoms with Crippen molar-refractivity contribution in [3.63, 3.8) is 0 Å². The van der Waals surface area contributed by atoms with Gasteiger partial charge in [0.1, 0.15) is 5.82 Å². The van der Waals surface area contributed by atoms with Crippen LogP contribution in [0.3, 0.4) is 0 Å². The van der Waals surface area contributed by atoms with Crippen LogP contribution in [0.1, 0.15) is 22.3 Å². The summed E-state index contributed by atoms with van der Waals surface area (Å²) >= 11 is 0. The van der Waals surface area contributed by atoms with Crippen molar-refractivity contribution in [1.29, 1.82) is 0 Å². The fourth-order valence-electron chi connectivity index (χ4n) is 1.64. The maximum absolute atomic E-state index is 13.1. The van der Waals surface area contributed by atoms with E-state index in [1.165, 1.54) is 12.1 Å². The summed E-state index contributed by atoms with van der Waals surface area (Å²) in [4.78, 5) is 11.7. The van der Waals surface area contributed by atoms with Crippen molar-refractivity contribution in [3.05, 3.63) is 35.1 Å². The van der Waals surface area contributed by atoms with Gasteiger partial charge in [-0.1, -0.05) is 0 Å². The number of hydrogen-bond donors (Lipinski definition) is 2. The summed E-state index contributed by atoms with van der Waals surface area (Å²) in [7, 11) is 1.58. The van der Waals surface area contributed by atoms with Gasteiger partial charge in [-0.25, -0.2) is 4.39 Å². The number of benzene rings is 1. The predicted octanol–water partition coefficient (Wildman–Crippen LogP) is 1.23. The second-order valence-electron chi connectivity index (χ2n) is 4.28.